The number of carbonyl (C=O) groups is 1. The first kappa shape index (κ1) is 11.0. The zero-order valence-corrected chi connectivity index (χ0v) is 9.20. The van der Waals surface area contributed by atoms with E-state index < -0.39 is 0 Å². The highest BCUT2D eigenvalue weighted by atomic mass is 79.9. The first-order valence-electron chi connectivity index (χ1n) is 4.28. The van der Waals surface area contributed by atoms with Crippen LogP contribution in [0.5, 0.6) is 5.75 Å². The molecule has 1 rings (SSSR count). The Kier molecular flexibility index (Phi) is 4.40. The molecule has 0 amide bonds. The maximum Gasteiger partial charge on any atom is 0.150 e. The molecule has 0 spiro atoms. The fraction of sp³-hybridized carbons (Fsp3) is 0.182. The lowest BCUT2D eigenvalue weighted by Crippen LogP contribution is -1.85. The van der Waals surface area contributed by atoms with Gasteiger partial charge in [0.15, 0.2) is 6.29 Å². The molecule has 3 heteroatoms. The van der Waals surface area contributed by atoms with Gasteiger partial charge in [0.1, 0.15) is 5.75 Å². The van der Waals surface area contributed by atoms with Crippen LogP contribution in [-0.4, -0.2) is 16.7 Å². The van der Waals surface area contributed by atoms with Crippen molar-refractivity contribution < 1.29 is 9.90 Å². The predicted molar refractivity (Wildman–Crippen MR) is 60.9 cm³/mol. The predicted octanol–water partition coefficient (Wildman–Crippen LogP) is 3.00. The quantitative estimate of drug-likeness (QED) is 0.663. The molecule has 0 aliphatic rings. The van der Waals surface area contributed by atoms with Gasteiger partial charge in [-0.05, 0) is 24.1 Å². The standard InChI is InChI=1S/C11H11BrO2/c12-6-2-1-3-9-4-5-11(14)7-10(9)8-13/h1,3-5,7-8,14H,2,6H2. The number of hydrogen-bond donors (Lipinski definition) is 1. The van der Waals surface area contributed by atoms with E-state index in [0.717, 1.165) is 23.6 Å². The van der Waals surface area contributed by atoms with Crippen LogP contribution >= 0.6 is 15.9 Å². The molecule has 0 atom stereocenters. The van der Waals surface area contributed by atoms with E-state index in [1.807, 2.05) is 12.2 Å². The van der Waals surface area contributed by atoms with E-state index in [9.17, 15) is 4.79 Å². The first-order valence-corrected chi connectivity index (χ1v) is 5.41. The number of aromatic hydroxyl groups is 1. The van der Waals surface area contributed by atoms with Crippen molar-refractivity contribution in [3.05, 3.63) is 35.4 Å². The summed E-state index contributed by atoms with van der Waals surface area (Å²) in [6, 6.07) is 4.76. The topological polar surface area (TPSA) is 37.3 Å². The molecule has 1 N–H and O–H groups in total. The molecule has 0 bridgehead atoms. The summed E-state index contributed by atoms with van der Waals surface area (Å²) in [6.45, 7) is 0. The Morgan fingerprint density at radius 2 is 2.14 bits per heavy atom. The Hall–Kier alpha value is -1.09. The van der Waals surface area contributed by atoms with Gasteiger partial charge in [0.2, 0.25) is 0 Å². The third-order valence-corrected chi connectivity index (χ3v) is 2.23. The molecule has 2 nitrogen and oxygen atoms in total. The van der Waals surface area contributed by atoms with E-state index in [1.165, 1.54) is 6.07 Å². The van der Waals surface area contributed by atoms with Crippen LogP contribution in [0.2, 0.25) is 0 Å². The smallest absolute Gasteiger partial charge is 0.150 e. The summed E-state index contributed by atoms with van der Waals surface area (Å²) < 4.78 is 0. The number of alkyl halides is 1. The van der Waals surface area contributed by atoms with Crippen LogP contribution in [0.1, 0.15) is 22.3 Å². The highest BCUT2D eigenvalue weighted by Gasteiger charge is 1.98. The maximum atomic E-state index is 10.7. The number of phenolic OH excluding ortho intramolecular Hbond substituents is 1. The van der Waals surface area contributed by atoms with Gasteiger partial charge in [-0.15, -0.1) is 0 Å². The number of carbonyl (C=O) groups excluding carboxylic acids is 1. The number of hydrogen-bond acceptors (Lipinski definition) is 2. The average Bonchev–Trinajstić information content (AvgIpc) is 2.20. The number of halogens is 1. The minimum atomic E-state index is 0.116. The summed E-state index contributed by atoms with van der Waals surface area (Å²) in [6.07, 6.45) is 5.52. The second-order valence-corrected chi connectivity index (χ2v) is 3.60. The van der Waals surface area contributed by atoms with E-state index in [-0.39, 0.29) is 5.75 Å². The fourth-order valence-electron chi connectivity index (χ4n) is 1.09. The van der Waals surface area contributed by atoms with E-state index in [1.54, 1.807) is 12.1 Å². The normalized spacial score (nSPS) is 10.6. The third-order valence-electron chi connectivity index (χ3n) is 1.77. The number of allylic oxidation sites excluding steroid dienone is 1. The molecule has 0 aliphatic heterocycles. The van der Waals surface area contributed by atoms with Gasteiger partial charge in [0.25, 0.3) is 0 Å². The molecule has 1 aromatic carbocycles. The van der Waals surface area contributed by atoms with Crippen LogP contribution < -0.4 is 0 Å². The van der Waals surface area contributed by atoms with Crippen molar-refractivity contribution in [1.29, 1.82) is 0 Å². The molecule has 1 aromatic rings. The van der Waals surface area contributed by atoms with E-state index in [2.05, 4.69) is 15.9 Å². The average molecular weight is 255 g/mol. The second-order valence-electron chi connectivity index (χ2n) is 2.81. The summed E-state index contributed by atoms with van der Waals surface area (Å²) in [5, 5.41) is 10.1. The number of benzene rings is 1. The highest BCUT2D eigenvalue weighted by molar-refractivity contribution is 9.09. The van der Waals surface area contributed by atoms with Gasteiger partial charge in [-0.25, -0.2) is 0 Å². The van der Waals surface area contributed by atoms with E-state index in [4.69, 9.17) is 5.11 Å². The van der Waals surface area contributed by atoms with Gasteiger partial charge in [-0.3, -0.25) is 4.79 Å². The highest BCUT2D eigenvalue weighted by Crippen LogP contribution is 2.16. The minimum absolute atomic E-state index is 0.116. The molecule has 0 unspecified atom stereocenters. The maximum absolute atomic E-state index is 10.7. The third kappa shape index (κ3) is 3.00. The molecule has 0 aromatic heterocycles. The van der Waals surface area contributed by atoms with Gasteiger partial charge in [-0.2, -0.15) is 0 Å². The molecule has 0 heterocycles. The number of phenols is 1. The summed E-state index contributed by atoms with van der Waals surface area (Å²) in [5.41, 5.74) is 1.34. The SMILES string of the molecule is O=Cc1cc(O)ccc1C=CCCBr. The largest absolute Gasteiger partial charge is 0.508 e. The summed E-state index contributed by atoms with van der Waals surface area (Å²) in [4.78, 5) is 10.7. The van der Waals surface area contributed by atoms with Crippen molar-refractivity contribution in [1.82, 2.24) is 0 Å². The van der Waals surface area contributed by atoms with Crippen LogP contribution in [0.15, 0.2) is 24.3 Å². The molecule has 74 valence electrons. The van der Waals surface area contributed by atoms with Crippen LogP contribution in [0.25, 0.3) is 6.08 Å². The van der Waals surface area contributed by atoms with Crippen molar-refractivity contribution in [2.45, 2.75) is 6.42 Å². The monoisotopic (exact) mass is 254 g/mol. The van der Waals surface area contributed by atoms with E-state index >= 15 is 0 Å². The lowest BCUT2D eigenvalue weighted by molar-refractivity contribution is 0.112. The zero-order valence-electron chi connectivity index (χ0n) is 7.61. The zero-order chi connectivity index (χ0) is 10.4. The van der Waals surface area contributed by atoms with Crippen LogP contribution in [0, 0.1) is 0 Å². The molecule has 0 saturated carbocycles. The lowest BCUT2D eigenvalue weighted by atomic mass is 10.1. The summed E-state index contributed by atoms with van der Waals surface area (Å²) >= 11 is 3.31. The van der Waals surface area contributed by atoms with Crippen molar-refractivity contribution in [2.24, 2.45) is 0 Å². The van der Waals surface area contributed by atoms with Crippen molar-refractivity contribution in [3.8, 4) is 5.75 Å². The van der Waals surface area contributed by atoms with E-state index in [0.29, 0.717) is 5.56 Å². The van der Waals surface area contributed by atoms with Crippen molar-refractivity contribution >= 4 is 28.3 Å². The Labute approximate surface area is 91.4 Å². The Morgan fingerprint density at radius 1 is 1.36 bits per heavy atom. The van der Waals surface area contributed by atoms with Crippen LogP contribution in [-0.2, 0) is 0 Å². The van der Waals surface area contributed by atoms with Gasteiger partial charge in [-0.1, -0.05) is 34.1 Å². The number of aldehydes is 1. The number of rotatable bonds is 4. The van der Waals surface area contributed by atoms with Gasteiger partial charge < -0.3 is 5.11 Å². The molecule has 0 saturated heterocycles. The minimum Gasteiger partial charge on any atom is -0.508 e. The molecular formula is C11H11BrO2. The molecule has 14 heavy (non-hydrogen) atoms. The van der Waals surface area contributed by atoms with Gasteiger partial charge >= 0.3 is 0 Å². The lowest BCUT2D eigenvalue weighted by Gasteiger charge is -1.99. The summed E-state index contributed by atoms with van der Waals surface area (Å²) in [7, 11) is 0. The molecular weight excluding hydrogens is 244 g/mol. The first-order chi connectivity index (χ1) is 6.77. The second kappa shape index (κ2) is 5.60. The van der Waals surface area contributed by atoms with Crippen molar-refractivity contribution in [2.75, 3.05) is 5.33 Å². The molecule has 0 aliphatic carbocycles. The molecule has 0 radical (unpaired) electrons. The van der Waals surface area contributed by atoms with Crippen LogP contribution in [0.4, 0.5) is 0 Å². The summed E-state index contributed by atoms with van der Waals surface area (Å²) in [5.74, 6) is 0.116. The Balaban J connectivity index is 2.90. The van der Waals surface area contributed by atoms with Gasteiger partial charge in [0.05, 0.1) is 0 Å². The van der Waals surface area contributed by atoms with Crippen molar-refractivity contribution in [3.63, 3.8) is 0 Å². The van der Waals surface area contributed by atoms with Crippen LogP contribution in [0.3, 0.4) is 0 Å². The molecule has 0 fully saturated rings. The Morgan fingerprint density at radius 3 is 2.79 bits per heavy atom. The Bertz CT molecular complexity index is 345. The fourth-order valence-corrected chi connectivity index (χ4v) is 1.35. The van der Waals surface area contributed by atoms with Gasteiger partial charge in [0, 0.05) is 10.9 Å².